The Kier molecular flexibility index (Phi) is 3.98. The fraction of sp³-hybridized carbons (Fsp3) is 0.250. The number of halogens is 1. The highest BCUT2D eigenvalue weighted by Gasteiger charge is 2.26. The topological polar surface area (TPSA) is 50.3 Å². The number of thiophene rings is 1. The molecule has 0 amide bonds. The van der Waals surface area contributed by atoms with E-state index in [0.717, 1.165) is 20.8 Å². The van der Waals surface area contributed by atoms with Crippen LogP contribution in [-0.2, 0) is 16.6 Å². The number of sulfonamides is 1. The van der Waals surface area contributed by atoms with Crippen LogP contribution >= 0.6 is 11.3 Å². The molecule has 2 aromatic heterocycles. The van der Waals surface area contributed by atoms with Gasteiger partial charge in [-0.15, -0.1) is 11.3 Å². The van der Waals surface area contributed by atoms with Crippen LogP contribution < -0.4 is 0 Å². The SMILES string of the molecule is Cc1ccsc1CN(C)S(=O)(=O)c1ncccc1F. The van der Waals surface area contributed by atoms with E-state index in [-0.39, 0.29) is 6.54 Å². The molecule has 0 saturated heterocycles. The lowest BCUT2D eigenvalue weighted by Crippen LogP contribution is -2.28. The molecule has 2 rings (SSSR count). The Morgan fingerprint density at radius 2 is 2.16 bits per heavy atom. The van der Waals surface area contributed by atoms with Crippen molar-refractivity contribution in [1.29, 1.82) is 0 Å². The van der Waals surface area contributed by atoms with E-state index in [9.17, 15) is 12.8 Å². The Morgan fingerprint density at radius 3 is 2.74 bits per heavy atom. The average Bonchev–Trinajstić information content (AvgIpc) is 2.75. The summed E-state index contributed by atoms with van der Waals surface area (Å²) in [7, 11) is -2.49. The van der Waals surface area contributed by atoms with Gasteiger partial charge in [-0.25, -0.2) is 17.8 Å². The Morgan fingerprint density at radius 1 is 1.42 bits per heavy atom. The molecule has 4 nitrogen and oxygen atoms in total. The normalized spacial score (nSPS) is 12.0. The van der Waals surface area contributed by atoms with Crippen LogP contribution in [0.15, 0.2) is 34.8 Å². The van der Waals surface area contributed by atoms with Crippen molar-refractivity contribution >= 4 is 21.4 Å². The summed E-state index contributed by atoms with van der Waals surface area (Å²) in [5.41, 5.74) is 1.02. The number of pyridine rings is 1. The summed E-state index contributed by atoms with van der Waals surface area (Å²) in [6, 6.07) is 4.36. The molecule has 0 spiro atoms. The molecule has 0 saturated carbocycles. The number of nitrogens with zero attached hydrogens (tertiary/aromatic N) is 2. The Hall–Kier alpha value is -1.31. The van der Waals surface area contributed by atoms with E-state index in [1.54, 1.807) is 0 Å². The van der Waals surface area contributed by atoms with Crippen LogP contribution in [0.5, 0.6) is 0 Å². The Labute approximate surface area is 115 Å². The standard InChI is InChI=1S/C12H13FN2O2S2/c1-9-5-7-18-11(9)8-15(2)19(16,17)12-10(13)4-3-6-14-12/h3-7H,8H2,1-2H3. The maximum absolute atomic E-state index is 13.5. The van der Waals surface area contributed by atoms with Gasteiger partial charge >= 0.3 is 0 Å². The third kappa shape index (κ3) is 2.83. The van der Waals surface area contributed by atoms with Crippen molar-refractivity contribution in [3.63, 3.8) is 0 Å². The number of aryl methyl sites for hydroxylation is 1. The van der Waals surface area contributed by atoms with Gasteiger partial charge in [0.25, 0.3) is 10.0 Å². The Balaban J connectivity index is 2.30. The largest absolute Gasteiger partial charge is 0.263 e. The van der Waals surface area contributed by atoms with Crippen molar-refractivity contribution in [3.8, 4) is 0 Å². The number of aromatic nitrogens is 1. The molecule has 0 unspecified atom stereocenters. The van der Waals surface area contributed by atoms with Gasteiger partial charge in [0, 0.05) is 24.7 Å². The maximum atomic E-state index is 13.5. The molecular formula is C12H13FN2O2S2. The fourth-order valence-corrected chi connectivity index (χ4v) is 3.70. The number of hydrogen-bond donors (Lipinski definition) is 0. The summed E-state index contributed by atoms with van der Waals surface area (Å²) in [6.45, 7) is 2.12. The lowest BCUT2D eigenvalue weighted by Gasteiger charge is -2.16. The van der Waals surface area contributed by atoms with Crippen molar-refractivity contribution in [2.45, 2.75) is 18.5 Å². The third-order valence-electron chi connectivity index (χ3n) is 2.71. The highest BCUT2D eigenvalue weighted by molar-refractivity contribution is 7.89. The molecule has 0 atom stereocenters. The zero-order valence-electron chi connectivity index (χ0n) is 10.5. The second-order valence-electron chi connectivity index (χ2n) is 4.08. The highest BCUT2D eigenvalue weighted by atomic mass is 32.2. The van der Waals surface area contributed by atoms with E-state index >= 15 is 0 Å². The van der Waals surface area contributed by atoms with Crippen molar-refractivity contribution in [2.75, 3.05) is 7.05 Å². The molecule has 0 radical (unpaired) electrons. The minimum atomic E-state index is -3.91. The molecule has 0 aliphatic heterocycles. The zero-order chi connectivity index (χ0) is 14.0. The van der Waals surface area contributed by atoms with Crippen LogP contribution in [0.4, 0.5) is 4.39 Å². The minimum absolute atomic E-state index is 0.210. The number of hydrogen-bond acceptors (Lipinski definition) is 4. The molecule has 2 heterocycles. The van der Waals surface area contributed by atoms with Crippen molar-refractivity contribution in [2.24, 2.45) is 0 Å². The maximum Gasteiger partial charge on any atom is 0.263 e. The van der Waals surface area contributed by atoms with Gasteiger partial charge < -0.3 is 0 Å². The molecule has 0 aromatic carbocycles. The molecule has 0 aliphatic carbocycles. The Bertz CT molecular complexity index is 683. The molecule has 0 N–H and O–H groups in total. The molecular weight excluding hydrogens is 287 g/mol. The summed E-state index contributed by atoms with van der Waals surface area (Å²) in [5, 5.41) is 1.36. The second kappa shape index (κ2) is 5.36. The quantitative estimate of drug-likeness (QED) is 0.871. The highest BCUT2D eigenvalue weighted by Crippen LogP contribution is 2.21. The molecule has 0 fully saturated rings. The summed E-state index contributed by atoms with van der Waals surface area (Å²) in [4.78, 5) is 4.55. The van der Waals surface area contributed by atoms with Gasteiger partial charge in [-0.05, 0) is 36.1 Å². The first-order valence-corrected chi connectivity index (χ1v) is 7.84. The van der Waals surface area contributed by atoms with Gasteiger partial charge in [-0.1, -0.05) is 0 Å². The molecule has 7 heteroatoms. The third-order valence-corrected chi connectivity index (χ3v) is 5.46. The smallest absolute Gasteiger partial charge is 0.241 e. The van der Waals surface area contributed by atoms with Gasteiger partial charge in [0.1, 0.15) is 0 Å². The second-order valence-corrected chi connectivity index (χ2v) is 7.04. The summed E-state index contributed by atoms with van der Waals surface area (Å²) >= 11 is 1.47. The van der Waals surface area contributed by atoms with Crippen LogP contribution in [0.2, 0.25) is 0 Å². The molecule has 102 valence electrons. The monoisotopic (exact) mass is 300 g/mol. The predicted molar refractivity (Wildman–Crippen MR) is 71.9 cm³/mol. The van der Waals surface area contributed by atoms with Gasteiger partial charge in [0.05, 0.1) is 0 Å². The van der Waals surface area contributed by atoms with Crippen LogP contribution in [0, 0.1) is 12.7 Å². The first-order chi connectivity index (χ1) is 8.93. The summed E-state index contributed by atoms with van der Waals surface area (Å²) < 4.78 is 39.1. The van der Waals surface area contributed by atoms with Crippen molar-refractivity contribution < 1.29 is 12.8 Å². The fourth-order valence-electron chi connectivity index (χ4n) is 1.56. The van der Waals surface area contributed by atoms with E-state index in [0.29, 0.717) is 0 Å². The van der Waals surface area contributed by atoms with E-state index in [1.807, 2.05) is 18.4 Å². The lowest BCUT2D eigenvalue weighted by atomic mass is 10.3. The zero-order valence-corrected chi connectivity index (χ0v) is 12.1. The molecule has 19 heavy (non-hydrogen) atoms. The van der Waals surface area contributed by atoms with Crippen LogP contribution in [0.3, 0.4) is 0 Å². The molecule has 0 bridgehead atoms. The van der Waals surface area contributed by atoms with Gasteiger partial charge in [-0.2, -0.15) is 4.31 Å². The number of rotatable bonds is 4. The van der Waals surface area contributed by atoms with E-state index in [4.69, 9.17) is 0 Å². The van der Waals surface area contributed by atoms with Crippen molar-refractivity contribution in [3.05, 3.63) is 46.0 Å². The van der Waals surface area contributed by atoms with Crippen LogP contribution in [-0.4, -0.2) is 24.8 Å². The van der Waals surface area contributed by atoms with Gasteiger partial charge in [0.2, 0.25) is 5.03 Å². The predicted octanol–water partition coefficient (Wildman–Crippen LogP) is 2.41. The van der Waals surface area contributed by atoms with E-state index in [2.05, 4.69) is 4.98 Å². The van der Waals surface area contributed by atoms with Crippen LogP contribution in [0.25, 0.3) is 0 Å². The first-order valence-electron chi connectivity index (χ1n) is 5.52. The van der Waals surface area contributed by atoms with Gasteiger partial charge in [0.15, 0.2) is 5.82 Å². The van der Waals surface area contributed by atoms with Crippen LogP contribution in [0.1, 0.15) is 10.4 Å². The lowest BCUT2D eigenvalue weighted by molar-refractivity contribution is 0.456. The molecule has 0 aliphatic rings. The summed E-state index contributed by atoms with van der Waals surface area (Å²) in [6.07, 6.45) is 1.26. The molecule has 2 aromatic rings. The van der Waals surface area contributed by atoms with Gasteiger partial charge in [-0.3, -0.25) is 0 Å². The van der Waals surface area contributed by atoms with Crippen molar-refractivity contribution in [1.82, 2.24) is 9.29 Å². The summed E-state index contributed by atoms with van der Waals surface area (Å²) in [5.74, 6) is -0.836. The average molecular weight is 300 g/mol. The first kappa shape index (κ1) is 14.1. The van der Waals surface area contributed by atoms with E-state index < -0.39 is 20.9 Å². The minimum Gasteiger partial charge on any atom is -0.241 e. The van der Waals surface area contributed by atoms with E-state index in [1.165, 1.54) is 30.6 Å².